The summed E-state index contributed by atoms with van der Waals surface area (Å²) < 4.78 is 0. The Morgan fingerprint density at radius 2 is 1.73 bits per heavy atom. The number of hydrogen-bond donors (Lipinski definition) is 1. The molecule has 1 heteroatoms. The van der Waals surface area contributed by atoms with Crippen molar-refractivity contribution in [2.24, 2.45) is 23.2 Å². The summed E-state index contributed by atoms with van der Waals surface area (Å²) in [6, 6.07) is 0. The molecule has 2 unspecified atom stereocenters. The van der Waals surface area contributed by atoms with Crippen LogP contribution in [0.4, 0.5) is 0 Å². The number of aliphatic hydroxyl groups excluding tert-OH is 1. The highest BCUT2D eigenvalue weighted by Gasteiger charge is 2.57. The van der Waals surface area contributed by atoms with Gasteiger partial charge in [0.2, 0.25) is 0 Å². The van der Waals surface area contributed by atoms with Crippen molar-refractivity contribution in [3.8, 4) is 0 Å². The fraction of sp³-hybridized carbons (Fsp3) is 0.900. The summed E-state index contributed by atoms with van der Waals surface area (Å²) in [6.07, 6.45) is 6.88. The first-order valence-corrected chi connectivity index (χ1v) is 4.81. The van der Waals surface area contributed by atoms with Gasteiger partial charge in [-0.2, -0.15) is 0 Å². The molecule has 4 aliphatic carbocycles. The van der Waals surface area contributed by atoms with Crippen LogP contribution in [0.25, 0.3) is 0 Å². The van der Waals surface area contributed by atoms with Crippen LogP contribution in [0.3, 0.4) is 0 Å². The highest BCUT2D eigenvalue weighted by Crippen LogP contribution is 2.66. The lowest BCUT2D eigenvalue weighted by atomic mass is 9.76. The second-order valence-corrected chi connectivity index (χ2v) is 4.91. The summed E-state index contributed by atoms with van der Waals surface area (Å²) in [5, 5.41) is 9.24. The normalized spacial score (nSPS) is 59.2. The SMILES string of the molecule is O[CH]C12CC3CC(CC1C3)C2. The van der Waals surface area contributed by atoms with Crippen LogP contribution < -0.4 is 0 Å². The fourth-order valence-electron chi connectivity index (χ4n) is 4.07. The van der Waals surface area contributed by atoms with Crippen molar-refractivity contribution in [1.29, 1.82) is 0 Å². The summed E-state index contributed by atoms with van der Waals surface area (Å²) in [7, 11) is 0. The molecule has 0 saturated heterocycles. The Morgan fingerprint density at radius 1 is 1.09 bits per heavy atom. The van der Waals surface area contributed by atoms with Gasteiger partial charge in [0.15, 0.2) is 0 Å². The molecule has 4 aliphatic rings. The van der Waals surface area contributed by atoms with Crippen molar-refractivity contribution in [3.63, 3.8) is 0 Å². The molecule has 0 aliphatic heterocycles. The van der Waals surface area contributed by atoms with Crippen molar-refractivity contribution in [1.82, 2.24) is 0 Å². The quantitative estimate of drug-likeness (QED) is 0.610. The summed E-state index contributed by atoms with van der Waals surface area (Å²) in [4.78, 5) is 0. The summed E-state index contributed by atoms with van der Waals surface area (Å²) in [5.74, 6) is 2.79. The van der Waals surface area contributed by atoms with E-state index >= 15 is 0 Å². The van der Waals surface area contributed by atoms with Crippen molar-refractivity contribution in [3.05, 3.63) is 6.61 Å². The van der Waals surface area contributed by atoms with Gasteiger partial charge in [-0.3, -0.25) is 0 Å². The minimum atomic E-state index is 0.299. The largest absolute Gasteiger partial charge is 0.390 e. The topological polar surface area (TPSA) is 20.2 Å². The molecule has 2 atom stereocenters. The third-order valence-electron chi connectivity index (χ3n) is 4.31. The van der Waals surface area contributed by atoms with E-state index in [1.54, 1.807) is 0 Å². The van der Waals surface area contributed by atoms with Gasteiger partial charge in [-0.25, -0.2) is 0 Å². The molecule has 0 heterocycles. The van der Waals surface area contributed by atoms with E-state index in [0.717, 1.165) is 17.8 Å². The zero-order chi connectivity index (χ0) is 7.47. The van der Waals surface area contributed by atoms with Gasteiger partial charge < -0.3 is 5.11 Å². The Hall–Kier alpha value is -0.0400. The van der Waals surface area contributed by atoms with Crippen LogP contribution in [-0.2, 0) is 0 Å². The standard InChI is InChI=1S/C10H15O/c11-6-10-4-7-1-8(5-10)3-9(10)2-7/h6-9,11H,1-5H2. The Morgan fingerprint density at radius 3 is 2.18 bits per heavy atom. The van der Waals surface area contributed by atoms with E-state index in [9.17, 15) is 5.11 Å². The van der Waals surface area contributed by atoms with Crippen LogP contribution in [-0.4, -0.2) is 5.11 Å². The summed E-state index contributed by atoms with van der Waals surface area (Å²) in [5.41, 5.74) is 0.299. The Bertz CT molecular complexity index is 173. The van der Waals surface area contributed by atoms with Crippen LogP contribution in [0.5, 0.6) is 0 Å². The van der Waals surface area contributed by atoms with Gasteiger partial charge in [-0.15, -0.1) is 0 Å². The molecule has 1 radical (unpaired) electrons. The average molecular weight is 151 g/mol. The van der Waals surface area contributed by atoms with Crippen LogP contribution in [0.15, 0.2) is 0 Å². The molecule has 0 amide bonds. The van der Waals surface area contributed by atoms with E-state index < -0.39 is 0 Å². The maximum Gasteiger partial charge on any atom is 0.0863 e. The minimum Gasteiger partial charge on any atom is -0.390 e. The van der Waals surface area contributed by atoms with Crippen LogP contribution in [0.2, 0.25) is 0 Å². The Labute approximate surface area is 67.8 Å². The Balaban J connectivity index is 1.98. The molecular formula is C10H15O. The van der Waals surface area contributed by atoms with Crippen molar-refractivity contribution in [2.75, 3.05) is 0 Å². The van der Waals surface area contributed by atoms with Gasteiger partial charge in [0.1, 0.15) is 0 Å². The lowest BCUT2D eigenvalue weighted by molar-refractivity contribution is 0.155. The molecule has 0 spiro atoms. The van der Waals surface area contributed by atoms with E-state index in [1.165, 1.54) is 38.7 Å². The van der Waals surface area contributed by atoms with Crippen molar-refractivity contribution in [2.45, 2.75) is 32.1 Å². The van der Waals surface area contributed by atoms with E-state index in [-0.39, 0.29) is 0 Å². The third-order valence-corrected chi connectivity index (χ3v) is 4.31. The second-order valence-electron chi connectivity index (χ2n) is 4.91. The maximum absolute atomic E-state index is 9.24. The molecule has 0 aromatic carbocycles. The fourth-order valence-corrected chi connectivity index (χ4v) is 4.07. The molecule has 61 valence electrons. The number of aliphatic hydroxyl groups is 1. The molecule has 4 fully saturated rings. The second kappa shape index (κ2) is 1.82. The first kappa shape index (κ1) is 6.47. The molecule has 11 heavy (non-hydrogen) atoms. The molecule has 4 saturated carbocycles. The predicted molar refractivity (Wildman–Crippen MR) is 42.2 cm³/mol. The van der Waals surface area contributed by atoms with Crippen molar-refractivity contribution >= 4 is 0 Å². The first-order chi connectivity index (χ1) is 5.32. The summed E-state index contributed by atoms with van der Waals surface area (Å²) in [6.45, 7) is 1.54. The van der Waals surface area contributed by atoms with Gasteiger partial charge in [0.05, 0.1) is 6.61 Å². The maximum atomic E-state index is 9.24. The predicted octanol–water partition coefficient (Wildman–Crippen LogP) is 2.35. The van der Waals surface area contributed by atoms with Crippen LogP contribution in [0.1, 0.15) is 32.1 Å². The summed E-state index contributed by atoms with van der Waals surface area (Å²) >= 11 is 0. The minimum absolute atomic E-state index is 0.299. The van der Waals surface area contributed by atoms with Gasteiger partial charge in [0, 0.05) is 5.41 Å². The smallest absolute Gasteiger partial charge is 0.0863 e. The van der Waals surface area contributed by atoms with E-state index in [1.807, 2.05) is 0 Å². The monoisotopic (exact) mass is 151 g/mol. The third kappa shape index (κ3) is 0.658. The molecule has 4 bridgehead atoms. The zero-order valence-electron chi connectivity index (χ0n) is 6.79. The van der Waals surface area contributed by atoms with Gasteiger partial charge >= 0.3 is 0 Å². The van der Waals surface area contributed by atoms with Crippen molar-refractivity contribution < 1.29 is 5.11 Å². The molecule has 1 nitrogen and oxygen atoms in total. The highest BCUT2D eigenvalue weighted by molar-refractivity contribution is 5.10. The zero-order valence-corrected chi connectivity index (χ0v) is 6.79. The Kier molecular flexibility index (Phi) is 1.07. The lowest BCUT2D eigenvalue weighted by Gasteiger charge is -2.30. The number of rotatable bonds is 1. The lowest BCUT2D eigenvalue weighted by Crippen LogP contribution is -2.22. The molecule has 0 aromatic rings. The van der Waals surface area contributed by atoms with Crippen LogP contribution >= 0.6 is 0 Å². The van der Waals surface area contributed by atoms with E-state index in [0.29, 0.717) is 5.41 Å². The molecule has 1 N–H and O–H groups in total. The van der Waals surface area contributed by atoms with E-state index in [4.69, 9.17) is 0 Å². The van der Waals surface area contributed by atoms with Crippen LogP contribution in [0, 0.1) is 29.8 Å². The molecule has 4 rings (SSSR count). The van der Waals surface area contributed by atoms with Gasteiger partial charge in [0.25, 0.3) is 0 Å². The number of hydrogen-bond acceptors (Lipinski definition) is 1. The average Bonchev–Trinajstić information content (AvgIpc) is 2.37. The molecular weight excluding hydrogens is 136 g/mol. The van der Waals surface area contributed by atoms with E-state index in [2.05, 4.69) is 0 Å². The highest BCUT2D eigenvalue weighted by atomic mass is 16.3. The first-order valence-electron chi connectivity index (χ1n) is 4.81. The van der Waals surface area contributed by atoms with Gasteiger partial charge in [-0.1, -0.05) is 0 Å². The van der Waals surface area contributed by atoms with Gasteiger partial charge in [-0.05, 0) is 49.9 Å². The molecule has 0 aromatic heterocycles.